The first-order chi connectivity index (χ1) is 23.2. The van der Waals surface area contributed by atoms with Gasteiger partial charge in [0, 0.05) is 11.4 Å². The minimum atomic E-state index is -4.87. The van der Waals surface area contributed by atoms with Crippen molar-refractivity contribution in [2.75, 3.05) is 10.6 Å². The van der Waals surface area contributed by atoms with Crippen LogP contribution < -0.4 is 16.2 Å². The van der Waals surface area contributed by atoms with Crippen LogP contribution in [-0.4, -0.2) is 63.6 Å². The Morgan fingerprint density at radius 2 is 1.30 bits per heavy atom. The number of aryl methyl sites for hydroxylation is 1. The summed E-state index contributed by atoms with van der Waals surface area (Å²) in [4.78, 5) is 23.5. The van der Waals surface area contributed by atoms with Gasteiger partial charge in [-0.15, -0.1) is 10.2 Å². The molecule has 19 nitrogen and oxygen atoms in total. The topological polar surface area (TPSA) is 288 Å². The molecule has 3 aromatic carbocycles. The third-order valence-corrected chi connectivity index (χ3v) is 9.89. The van der Waals surface area contributed by atoms with E-state index in [1.54, 1.807) is 0 Å². The first-order valence-corrected chi connectivity index (χ1v) is 18.5. The molecule has 262 valence electrons. The molecule has 0 saturated heterocycles. The van der Waals surface area contributed by atoms with E-state index in [4.69, 9.17) is 39.4 Å². The predicted octanol–water partition coefficient (Wildman–Crippen LogP) is 5.26. The van der Waals surface area contributed by atoms with Crippen molar-refractivity contribution in [1.29, 1.82) is 0 Å². The van der Waals surface area contributed by atoms with Crippen molar-refractivity contribution >= 4 is 99.8 Å². The molecule has 2 heterocycles. The first kappa shape index (κ1) is 36.8. The van der Waals surface area contributed by atoms with Crippen molar-refractivity contribution in [3.63, 3.8) is 0 Å². The van der Waals surface area contributed by atoms with Crippen LogP contribution in [0.25, 0.3) is 5.69 Å². The standard InChI is InChI=1S/C25H18Cl3N9O10S3/c1-11-21(22(38)37(36-11)18-9-16(27)20(10-15(18)26)50(45,46)47)35-34-17-8-13(4-7-19(17)49(42,43)44)30-25-32-23(28)31-24(33-25)29-12-2-5-14(6-3-12)48(39,40)41/h2-10,36H,1H3,(H,39,40,41)(H,42,43,44)(H,45,46,47)(H2,29,30,31,32,33). The van der Waals surface area contributed by atoms with Gasteiger partial charge in [-0.3, -0.25) is 23.6 Å². The van der Waals surface area contributed by atoms with Crippen molar-refractivity contribution < 1.29 is 38.9 Å². The number of aromatic nitrogens is 5. The smallest absolute Gasteiger partial charge is 0.299 e. The second-order valence-corrected chi connectivity index (χ2v) is 15.1. The largest absolute Gasteiger partial charge is 0.324 e. The Morgan fingerprint density at radius 3 is 1.88 bits per heavy atom. The van der Waals surface area contributed by atoms with E-state index in [0.29, 0.717) is 5.69 Å². The SMILES string of the molecule is Cc1[nH]n(-c2cc(Cl)c(S(=O)(=O)O)cc2Cl)c(=O)c1N=Nc1cc(Nc2nc(Cl)nc(Nc3ccc(S(=O)(=O)O)cc3)n2)ccc1S(=O)(=O)O. The molecule has 0 unspecified atom stereocenters. The second kappa shape index (κ2) is 13.7. The summed E-state index contributed by atoms with van der Waals surface area (Å²) in [6, 6.07) is 10.1. The zero-order valence-corrected chi connectivity index (χ0v) is 29.2. The summed E-state index contributed by atoms with van der Waals surface area (Å²) in [5.74, 6) is -0.265. The van der Waals surface area contributed by atoms with Crippen LogP contribution in [0.1, 0.15) is 5.69 Å². The maximum atomic E-state index is 13.3. The summed E-state index contributed by atoms with van der Waals surface area (Å²) in [6.07, 6.45) is 0. The average molecular weight is 807 g/mol. The van der Waals surface area contributed by atoms with Crippen molar-refractivity contribution in [2.24, 2.45) is 10.2 Å². The van der Waals surface area contributed by atoms with Crippen molar-refractivity contribution in [2.45, 2.75) is 21.6 Å². The number of rotatable bonds is 10. The molecular formula is C25H18Cl3N9O10S3. The molecule has 0 fully saturated rings. The minimum absolute atomic E-state index is 0.0972. The third kappa shape index (κ3) is 8.26. The molecular weight excluding hydrogens is 789 g/mol. The fourth-order valence-corrected chi connectivity index (χ4v) is 6.72. The average Bonchev–Trinajstić information content (AvgIpc) is 3.27. The van der Waals surface area contributed by atoms with E-state index in [1.165, 1.54) is 25.1 Å². The molecule has 50 heavy (non-hydrogen) atoms. The molecule has 2 aromatic heterocycles. The fraction of sp³-hybridized carbons (Fsp3) is 0.0400. The summed E-state index contributed by atoms with van der Waals surface area (Å²) in [6.45, 7) is 1.41. The quantitative estimate of drug-likeness (QED) is 0.0775. The maximum Gasteiger partial charge on any atom is 0.299 e. The molecule has 25 heteroatoms. The van der Waals surface area contributed by atoms with Gasteiger partial charge in [-0.2, -0.15) is 40.2 Å². The van der Waals surface area contributed by atoms with Gasteiger partial charge < -0.3 is 10.6 Å². The molecule has 0 atom stereocenters. The lowest BCUT2D eigenvalue weighted by Crippen LogP contribution is -2.15. The van der Waals surface area contributed by atoms with Crippen LogP contribution >= 0.6 is 34.8 Å². The number of halogens is 3. The highest BCUT2D eigenvalue weighted by Crippen LogP contribution is 2.33. The monoisotopic (exact) mass is 805 g/mol. The summed E-state index contributed by atoms with van der Waals surface area (Å²) >= 11 is 18.2. The highest BCUT2D eigenvalue weighted by molar-refractivity contribution is 7.86. The van der Waals surface area contributed by atoms with Gasteiger partial charge in [-0.25, -0.2) is 4.68 Å². The van der Waals surface area contributed by atoms with Gasteiger partial charge in [0.25, 0.3) is 35.9 Å². The van der Waals surface area contributed by atoms with Gasteiger partial charge in [0.15, 0.2) is 5.69 Å². The maximum absolute atomic E-state index is 13.3. The van der Waals surface area contributed by atoms with Gasteiger partial charge in [-0.05, 0) is 73.1 Å². The van der Waals surface area contributed by atoms with Crippen molar-refractivity contribution in [3.8, 4) is 5.69 Å². The molecule has 0 saturated carbocycles. The zero-order chi connectivity index (χ0) is 36.8. The Balaban J connectivity index is 1.46. The van der Waals surface area contributed by atoms with Crippen LogP contribution in [-0.2, 0) is 30.4 Å². The molecule has 0 aliphatic heterocycles. The normalized spacial score (nSPS) is 12.4. The predicted molar refractivity (Wildman–Crippen MR) is 179 cm³/mol. The Hall–Kier alpha value is -4.52. The third-order valence-electron chi connectivity index (χ3n) is 6.33. The van der Waals surface area contributed by atoms with E-state index in [9.17, 15) is 39.2 Å². The van der Waals surface area contributed by atoms with E-state index in [1.807, 2.05) is 0 Å². The number of H-pyrrole nitrogens is 1. The van der Waals surface area contributed by atoms with Crippen LogP contribution in [0.3, 0.4) is 0 Å². The lowest BCUT2D eigenvalue weighted by atomic mass is 10.3. The van der Waals surface area contributed by atoms with Gasteiger partial charge in [-0.1, -0.05) is 23.2 Å². The lowest BCUT2D eigenvalue weighted by molar-refractivity contribution is 0.481. The minimum Gasteiger partial charge on any atom is -0.324 e. The fourth-order valence-electron chi connectivity index (χ4n) is 4.14. The lowest BCUT2D eigenvalue weighted by Gasteiger charge is -2.10. The molecule has 5 aromatic rings. The summed E-state index contributed by atoms with van der Waals surface area (Å²) in [5.41, 5.74) is -1.28. The molecule has 0 amide bonds. The number of anilines is 4. The number of nitrogens with zero attached hydrogens (tertiary/aromatic N) is 6. The van der Waals surface area contributed by atoms with Crippen molar-refractivity contribution in [3.05, 3.63) is 86.0 Å². The van der Waals surface area contributed by atoms with Crippen LogP contribution in [0.4, 0.5) is 34.6 Å². The molecule has 0 aliphatic rings. The van der Waals surface area contributed by atoms with Crippen LogP contribution in [0.5, 0.6) is 0 Å². The Morgan fingerprint density at radius 1 is 0.720 bits per heavy atom. The van der Waals surface area contributed by atoms with Gasteiger partial charge in [0.1, 0.15) is 15.5 Å². The van der Waals surface area contributed by atoms with E-state index >= 15 is 0 Å². The van der Waals surface area contributed by atoms with Crippen LogP contribution in [0, 0.1) is 6.92 Å². The summed E-state index contributed by atoms with van der Waals surface area (Å²) in [7, 11) is -14.0. The highest BCUT2D eigenvalue weighted by Gasteiger charge is 2.22. The Kier molecular flexibility index (Phi) is 10.0. The zero-order valence-electron chi connectivity index (χ0n) is 24.4. The molecule has 0 radical (unpaired) electrons. The van der Waals surface area contributed by atoms with E-state index in [0.717, 1.165) is 41.1 Å². The molecule has 6 N–H and O–H groups in total. The number of hydrogen-bond acceptors (Lipinski definition) is 14. The van der Waals surface area contributed by atoms with E-state index < -0.39 is 56.4 Å². The van der Waals surface area contributed by atoms with E-state index in [2.05, 4.69) is 40.9 Å². The number of nitrogens with one attached hydrogen (secondary N) is 3. The van der Waals surface area contributed by atoms with Gasteiger partial charge >= 0.3 is 0 Å². The Labute approximate surface area is 296 Å². The van der Waals surface area contributed by atoms with E-state index in [-0.39, 0.29) is 49.9 Å². The number of benzene rings is 3. The summed E-state index contributed by atoms with van der Waals surface area (Å²) < 4.78 is 99.1. The van der Waals surface area contributed by atoms with Crippen LogP contribution in [0.15, 0.2) is 84.3 Å². The first-order valence-electron chi connectivity index (χ1n) is 13.1. The summed E-state index contributed by atoms with van der Waals surface area (Å²) in [5, 5.41) is 14.9. The van der Waals surface area contributed by atoms with Gasteiger partial charge in [0.05, 0.1) is 26.3 Å². The number of azo groups is 1. The Bertz CT molecular complexity index is 2600. The molecule has 0 aliphatic carbocycles. The number of hydrogen-bond donors (Lipinski definition) is 6. The second-order valence-electron chi connectivity index (χ2n) is 9.79. The van der Waals surface area contributed by atoms with Crippen LogP contribution in [0.2, 0.25) is 15.3 Å². The number of aromatic amines is 1. The molecule has 0 spiro atoms. The molecule has 0 bridgehead atoms. The molecule has 5 rings (SSSR count). The van der Waals surface area contributed by atoms with Gasteiger partial charge in [0.2, 0.25) is 17.2 Å². The highest BCUT2D eigenvalue weighted by atomic mass is 35.5. The van der Waals surface area contributed by atoms with Crippen molar-refractivity contribution in [1.82, 2.24) is 24.7 Å².